The van der Waals surface area contributed by atoms with Crippen LogP contribution >= 0.6 is 0 Å². The van der Waals surface area contributed by atoms with Crippen LogP contribution in [0.5, 0.6) is 23.0 Å². The van der Waals surface area contributed by atoms with E-state index in [1.54, 1.807) is 6.20 Å². The first-order valence-corrected chi connectivity index (χ1v) is 12.6. The van der Waals surface area contributed by atoms with Crippen molar-refractivity contribution in [1.82, 2.24) is 23.9 Å². The average molecular weight is 494 g/mol. The fraction of sp³-hybridized carbons (Fsp3) is 0.0345. The first-order valence-electron chi connectivity index (χ1n) is 12.6. The highest BCUT2D eigenvalue weighted by Crippen LogP contribution is 2.62. The zero-order chi connectivity index (χ0) is 24.5. The summed E-state index contributed by atoms with van der Waals surface area (Å²) in [5.41, 5.74) is 8.33. The molecule has 7 aromatic rings. The third kappa shape index (κ3) is 1.54. The molecule has 0 saturated carbocycles. The van der Waals surface area contributed by atoms with Crippen molar-refractivity contribution in [2.24, 2.45) is 7.05 Å². The highest BCUT2D eigenvalue weighted by Gasteiger charge is 2.71. The van der Waals surface area contributed by atoms with Crippen LogP contribution in [-0.2, 0) is 7.05 Å². The van der Waals surface area contributed by atoms with Crippen LogP contribution in [0.15, 0.2) is 79.3 Å². The van der Waals surface area contributed by atoms with Crippen LogP contribution in [0.1, 0.15) is 0 Å². The summed E-state index contributed by atoms with van der Waals surface area (Å²) in [6.45, 7) is 0. The molecule has 3 aromatic carbocycles. The third-order valence-corrected chi connectivity index (χ3v) is 8.61. The van der Waals surface area contributed by atoms with Crippen molar-refractivity contribution in [1.29, 1.82) is 0 Å². The maximum absolute atomic E-state index is 6.68. The van der Waals surface area contributed by atoms with Crippen LogP contribution in [0.4, 0.5) is 11.4 Å². The van der Waals surface area contributed by atoms with E-state index in [1.165, 1.54) is 0 Å². The molecule has 8 heterocycles. The molecule has 176 valence electrons. The van der Waals surface area contributed by atoms with Gasteiger partial charge in [-0.1, -0.05) is 18.2 Å². The van der Waals surface area contributed by atoms with Crippen molar-refractivity contribution in [3.63, 3.8) is 0 Å². The molecule has 0 amide bonds. The Morgan fingerprint density at radius 2 is 1.68 bits per heavy atom. The monoisotopic (exact) mass is 494 g/mol. The number of ether oxygens (including phenoxy) is 2. The summed E-state index contributed by atoms with van der Waals surface area (Å²) in [6, 6.07) is 21.0. The van der Waals surface area contributed by atoms with Gasteiger partial charge in [0, 0.05) is 10.9 Å². The van der Waals surface area contributed by atoms with E-state index in [-0.39, 0.29) is 4.70 Å². The Kier molecular flexibility index (Phi) is 2.55. The minimum absolute atomic E-state index is 0.209. The van der Waals surface area contributed by atoms with Gasteiger partial charge in [-0.25, -0.2) is 4.57 Å². The molecule has 0 N–H and O–H groups in total. The molecule has 0 bridgehead atoms. The summed E-state index contributed by atoms with van der Waals surface area (Å²) in [5.74, 6) is 4.20. The number of imidazole rings is 1. The average Bonchev–Trinajstić information content (AvgIpc) is 3.57. The van der Waals surface area contributed by atoms with Crippen molar-refractivity contribution in [3.8, 4) is 40.1 Å². The number of aryl methyl sites for hydroxylation is 1. The molecule has 9 nitrogen and oxygen atoms in total. The number of para-hydroxylation sites is 3. The second-order valence-electron chi connectivity index (χ2n) is 10.2. The molecule has 1 atom stereocenters. The normalized spacial score (nSPS) is 18.1. The molecule has 4 aliphatic heterocycles. The maximum Gasteiger partial charge on any atom is 0.378 e. The Morgan fingerprint density at radius 1 is 0.816 bits per heavy atom. The van der Waals surface area contributed by atoms with Gasteiger partial charge in [0.2, 0.25) is 17.0 Å². The van der Waals surface area contributed by atoms with Gasteiger partial charge >= 0.3 is 17.2 Å². The molecule has 9 heteroatoms. The minimum Gasteiger partial charge on any atom is -0.446 e. The third-order valence-electron chi connectivity index (χ3n) is 8.61. The van der Waals surface area contributed by atoms with E-state index in [0.29, 0.717) is 0 Å². The lowest BCUT2D eigenvalue weighted by Crippen LogP contribution is -2.85. The summed E-state index contributed by atoms with van der Waals surface area (Å²) in [7, 11) is 2.13. The fourth-order valence-electron chi connectivity index (χ4n) is 7.34. The predicted molar refractivity (Wildman–Crippen MR) is 138 cm³/mol. The van der Waals surface area contributed by atoms with E-state index in [0.717, 1.165) is 84.4 Å². The van der Waals surface area contributed by atoms with Gasteiger partial charge in [0.1, 0.15) is 10.3 Å². The number of nitrogens with zero attached hydrogens (tertiary/aromatic N) is 7. The number of hydrogen-bond donors (Lipinski definition) is 0. The first-order chi connectivity index (χ1) is 18.8. The Balaban J connectivity index is 1.52. The lowest BCUT2D eigenvalue weighted by Gasteiger charge is -2.33. The summed E-state index contributed by atoms with van der Waals surface area (Å²) < 4.78 is 20.4. The fourth-order valence-corrected chi connectivity index (χ4v) is 7.34. The number of hydrogen-bond acceptors (Lipinski definition) is 4. The van der Waals surface area contributed by atoms with Gasteiger partial charge in [-0.15, -0.1) is 0 Å². The Bertz CT molecular complexity index is 2330. The molecule has 11 rings (SSSR count). The van der Waals surface area contributed by atoms with Gasteiger partial charge in [-0.2, -0.15) is 4.57 Å². The number of pyridine rings is 1. The van der Waals surface area contributed by atoms with Gasteiger partial charge in [0.25, 0.3) is 5.69 Å². The zero-order valence-corrected chi connectivity index (χ0v) is 20.0. The molecule has 0 saturated heterocycles. The quantitative estimate of drug-likeness (QED) is 0.226. The molecule has 38 heavy (non-hydrogen) atoms. The Hall–Kier alpha value is -5.28. The molecule has 0 fully saturated rings. The molecular formula is C29H16N7O2+3. The number of rotatable bonds is 0. The second-order valence-corrected chi connectivity index (χ2v) is 10.2. The molecule has 0 radical (unpaired) electrons. The smallest absolute Gasteiger partial charge is 0.378 e. The van der Waals surface area contributed by atoms with Crippen LogP contribution in [0.3, 0.4) is 0 Å². The minimum atomic E-state index is 0.209. The van der Waals surface area contributed by atoms with Gasteiger partial charge in [0.05, 0.1) is 35.0 Å². The molecule has 1 spiro atoms. The van der Waals surface area contributed by atoms with E-state index < -0.39 is 0 Å². The standard InChI is InChI=1S/C29H16N7O2/c1-32-18-6-2-3-7-19(18)34-28(32)16-5-4-8-21-26(16)36(34)27-22(38-21)10-9-20-25(27)33-24-17(13-30-14-23(24)37-20)15-11-12-31-35(36)29(15)33/h2-14H,1H3/q+3. The van der Waals surface area contributed by atoms with Crippen molar-refractivity contribution in [3.05, 3.63) is 79.3 Å². The summed E-state index contributed by atoms with van der Waals surface area (Å²) >= 11 is 0. The highest BCUT2D eigenvalue weighted by molar-refractivity contribution is 6.11. The maximum atomic E-state index is 6.68. The number of benzene rings is 3. The number of quaternary nitrogens is 1. The van der Waals surface area contributed by atoms with E-state index in [4.69, 9.17) is 14.6 Å². The zero-order valence-electron chi connectivity index (χ0n) is 20.0. The van der Waals surface area contributed by atoms with Crippen molar-refractivity contribution in [2.45, 2.75) is 0 Å². The van der Waals surface area contributed by atoms with Crippen molar-refractivity contribution < 1.29 is 18.9 Å². The second kappa shape index (κ2) is 5.36. The van der Waals surface area contributed by atoms with Gasteiger partial charge in [-0.3, -0.25) is 4.98 Å². The van der Waals surface area contributed by atoms with Gasteiger partial charge in [-0.05, 0) is 47.6 Å². The van der Waals surface area contributed by atoms with Crippen molar-refractivity contribution in [2.75, 3.05) is 0 Å². The van der Waals surface area contributed by atoms with Crippen LogP contribution < -0.4 is 23.6 Å². The topological polar surface area (TPSA) is 61.9 Å². The van der Waals surface area contributed by atoms with Crippen LogP contribution in [0.25, 0.3) is 50.0 Å². The van der Waals surface area contributed by atoms with Crippen LogP contribution in [0.2, 0.25) is 0 Å². The summed E-state index contributed by atoms with van der Waals surface area (Å²) in [4.78, 5) is 6.67. The van der Waals surface area contributed by atoms with Gasteiger partial charge in [0.15, 0.2) is 28.3 Å². The number of aromatic nitrogens is 6. The predicted octanol–water partition coefficient (Wildman–Crippen LogP) is 4.71. The SMILES string of the molecule is Cn1c2[n+](c3ccccc31)[N+]13c4c(cccc4-2)Oc2ccc4c(c21)-n1c2c(cncc2c2ccn[n+]3c21)O4. The Labute approximate surface area is 213 Å². The molecular weight excluding hydrogens is 478 g/mol. The molecule has 0 aliphatic carbocycles. The summed E-state index contributed by atoms with van der Waals surface area (Å²) in [5, 5.41) is 7.23. The molecule has 4 aliphatic rings. The van der Waals surface area contributed by atoms with Gasteiger partial charge < -0.3 is 9.47 Å². The van der Waals surface area contributed by atoms with E-state index >= 15 is 0 Å². The van der Waals surface area contributed by atoms with E-state index in [1.807, 2.05) is 24.5 Å². The molecule has 4 aromatic heterocycles. The van der Waals surface area contributed by atoms with E-state index in [9.17, 15) is 0 Å². The molecule has 1 unspecified atom stereocenters. The van der Waals surface area contributed by atoms with Crippen LogP contribution in [-0.4, -0.2) is 19.2 Å². The number of fused-ring (bicyclic) bond motifs is 5. The highest BCUT2D eigenvalue weighted by atomic mass is 16.5. The Morgan fingerprint density at radius 3 is 2.66 bits per heavy atom. The lowest BCUT2D eigenvalue weighted by atomic mass is 10.1. The first kappa shape index (κ1) is 18.0. The van der Waals surface area contributed by atoms with Crippen molar-refractivity contribution >= 4 is 44.3 Å². The van der Waals surface area contributed by atoms with E-state index in [2.05, 4.69) is 79.2 Å². The lowest BCUT2D eigenvalue weighted by molar-refractivity contribution is -1.04. The van der Waals surface area contributed by atoms with Crippen LogP contribution in [0, 0.1) is 0 Å². The largest absolute Gasteiger partial charge is 0.446 e. The summed E-state index contributed by atoms with van der Waals surface area (Å²) in [6.07, 6.45) is 5.60.